The van der Waals surface area contributed by atoms with Crippen molar-refractivity contribution in [3.63, 3.8) is 0 Å². The topological polar surface area (TPSA) is 41.6 Å². The minimum absolute atomic E-state index is 0. The summed E-state index contributed by atoms with van der Waals surface area (Å²) in [6, 6.07) is 8.20. The van der Waals surface area contributed by atoms with Crippen LogP contribution in [0.1, 0.15) is 22.8 Å². The van der Waals surface area contributed by atoms with Crippen molar-refractivity contribution in [2.24, 2.45) is 0 Å². The fourth-order valence-corrected chi connectivity index (χ4v) is 2.28. The second kappa shape index (κ2) is 7.48. The van der Waals surface area contributed by atoms with E-state index in [9.17, 15) is 4.79 Å². The van der Waals surface area contributed by atoms with Gasteiger partial charge in [-0.05, 0) is 24.6 Å². The Balaban J connectivity index is 0.00000180. The van der Waals surface area contributed by atoms with Crippen LogP contribution in [-0.2, 0) is 11.3 Å². The van der Waals surface area contributed by atoms with E-state index in [0.29, 0.717) is 11.6 Å². The van der Waals surface area contributed by atoms with Gasteiger partial charge in [0.15, 0.2) is 0 Å². The van der Waals surface area contributed by atoms with E-state index < -0.39 is 0 Å². The van der Waals surface area contributed by atoms with Gasteiger partial charge >= 0.3 is 5.97 Å². The van der Waals surface area contributed by atoms with Gasteiger partial charge in [-0.2, -0.15) is 0 Å². The van der Waals surface area contributed by atoms with Crippen molar-refractivity contribution < 1.29 is 9.53 Å². The summed E-state index contributed by atoms with van der Waals surface area (Å²) in [6.07, 6.45) is 0. The van der Waals surface area contributed by atoms with E-state index in [-0.39, 0.29) is 18.4 Å². The van der Waals surface area contributed by atoms with Gasteiger partial charge in [-0.3, -0.25) is 4.90 Å². The first-order valence-electron chi connectivity index (χ1n) is 6.32. The molecule has 1 atom stereocenters. The standard InChI is InChI=1S/C14H20N2O2.ClH/c1-11-9-16(8-7-15-11)10-12-3-5-13(6-4-12)14(17)18-2;/h3-6,11,15H,7-10H2,1-2H3;1H. The van der Waals surface area contributed by atoms with E-state index in [2.05, 4.69) is 21.9 Å². The summed E-state index contributed by atoms with van der Waals surface area (Å²) < 4.78 is 4.68. The Kier molecular flexibility index (Phi) is 6.28. The molecular weight excluding hydrogens is 264 g/mol. The van der Waals surface area contributed by atoms with E-state index in [4.69, 9.17) is 0 Å². The van der Waals surface area contributed by atoms with E-state index in [0.717, 1.165) is 26.2 Å². The lowest BCUT2D eigenvalue weighted by Crippen LogP contribution is -2.48. The number of halogens is 1. The maximum Gasteiger partial charge on any atom is 0.337 e. The normalized spacial score (nSPS) is 19.6. The molecule has 1 aliphatic rings. The molecule has 1 unspecified atom stereocenters. The maximum absolute atomic E-state index is 11.3. The van der Waals surface area contributed by atoms with Crippen LogP contribution >= 0.6 is 12.4 Å². The summed E-state index contributed by atoms with van der Waals surface area (Å²) in [7, 11) is 1.40. The zero-order valence-electron chi connectivity index (χ0n) is 11.4. The van der Waals surface area contributed by atoms with Crippen LogP contribution in [0.2, 0.25) is 0 Å². The number of carbonyl (C=O) groups excluding carboxylic acids is 1. The quantitative estimate of drug-likeness (QED) is 0.858. The van der Waals surface area contributed by atoms with Crippen LogP contribution in [0, 0.1) is 0 Å². The number of hydrogen-bond acceptors (Lipinski definition) is 4. The van der Waals surface area contributed by atoms with Crippen LogP contribution < -0.4 is 5.32 Å². The molecule has 19 heavy (non-hydrogen) atoms. The summed E-state index contributed by atoms with van der Waals surface area (Å²) in [5.74, 6) is -0.280. The molecule has 1 aromatic rings. The monoisotopic (exact) mass is 284 g/mol. The summed E-state index contributed by atoms with van der Waals surface area (Å²) in [6.45, 7) is 6.32. The first-order chi connectivity index (χ1) is 8.69. The molecule has 1 saturated heterocycles. The highest BCUT2D eigenvalue weighted by molar-refractivity contribution is 5.89. The molecule has 4 nitrogen and oxygen atoms in total. The number of piperazine rings is 1. The number of ether oxygens (including phenoxy) is 1. The van der Waals surface area contributed by atoms with Crippen LogP contribution in [0.25, 0.3) is 0 Å². The summed E-state index contributed by atoms with van der Waals surface area (Å²) in [5, 5.41) is 3.43. The van der Waals surface area contributed by atoms with E-state index in [1.807, 2.05) is 24.3 Å². The van der Waals surface area contributed by atoms with E-state index >= 15 is 0 Å². The lowest BCUT2D eigenvalue weighted by molar-refractivity contribution is 0.0600. The predicted molar refractivity (Wildman–Crippen MR) is 77.8 cm³/mol. The number of hydrogen-bond donors (Lipinski definition) is 1. The minimum Gasteiger partial charge on any atom is -0.465 e. The SMILES string of the molecule is COC(=O)c1ccc(CN2CCNC(C)C2)cc1.Cl. The fraction of sp³-hybridized carbons (Fsp3) is 0.500. The number of rotatable bonds is 3. The Hall–Kier alpha value is -1.10. The molecule has 0 amide bonds. The molecule has 5 heteroatoms. The van der Waals surface area contributed by atoms with Crippen LogP contribution in [0.15, 0.2) is 24.3 Å². The molecule has 1 aliphatic heterocycles. The summed E-state index contributed by atoms with van der Waals surface area (Å²) in [4.78, 5) is 13.7. The zero-order chi connectivity index (χ0) is 13.0. The summed E-state index contributed by atoms with van der Waals surface area (Å²) in [5.41, 5.74) is 1.84. The second-order valence-electron chi connectivity index (χ2n) is 4.78. The molecule has 1 fully saturated rings. The van der Waals surface area contributed by atoms with E-state index in [1.165, 1.54) is 12.7 Å². The van der Waals surface area contributed by atoms with Gasteiger partial charge in [0.2, 0.25) is 0 Å². The molecule has 2 rings (SSSR count). The highest BCUT2D eigenvalue weighted by atomic mass is 35.5. The van der Waals surface area contributed by atoms with Gasteiger partial charge in [0, 0.05) is 32.2 Å². The van der Waals surface area contributed by atoms with E-state index in [1.54, 1.807) is 0 Å². The Morgan fingerprint density at radius 3 is 2.68 bits per heavy atom. The number of benzene rings is 1. The molecule has 0 radical (unpaired) electrons. The molecule has 1 N–H and O–H groups in total. The van der Waals surface area contributed by atoms with Gasteiger partial charge in [-0.1, -0.05) is 12.1 Å². The van der Waals surface area contributed by atoms with Gasteiger partial charge in [0.05, 0.1) is 12.7 Å². The van der Waals surface area contributed by atoms with Crippen molar-refractivity contribution >= 4 is 18.4 Å². The Morgan fingerprint density at radius 2 is 2.11 bits per heavy atom. The third-order valence-electron chi connectivity index (χ3n) is 3.23. The van der Waals surface area contributed by atoms with Gasteiger partial charge in [-0.25, -0.2) is 4.79 Å². The molecular formula is C14H21ClN2O2. The van der Waals surface area contributed by atoms with Crippen LogP contribution in [0.3, 0.4) is 0 Å². The average molecular weight is 285 g/mol. The third-order valence-corrected chi connectivity index (χ3v) is 3.23. The predicted octanol–water partition coefficient (Wildman–Crippen LogP) is 1.69. The fourth-order valence-electron chi connectivity index (χ4n) is 2.28. The number of carbonyl (C=O) groups is 1. The van der Waals surface area contributed by atoms with Crippen molar-refractivity contribution in [2.75, 3.05) is 26.7 Å². The Bertz CT molecular complexity index is 408. The highest BCUT2D eigenvalue weighted by Gasteiger charge is 2.15. The van der Waals surface area contributed by atoms with Gasteiger partial charge in [-0.15, -0.1) is 12.4 Å². The van der Waals surface area contributed by atoms with Gasteiger partial charge in [0.1, 0.15) is 0 Å². The molecule has 1 heterocycles. The molecule has 0 aliphatic carbocycles. The lowest BCUT2D eigenvalue weighted by atomic mass is 10.1. The van der Waals surface area contributed by atoms with Crippen molar-refractivity contribution in [3.8, 4) is 0 Å². The maximum atomic E-state index is 11.3. The van der Waals surface area contributed by atoms with Crippen LogP contribution in [-0.4, -0.2) is 43.7 Å². The summed E-state index contributed by atoms with van der Waals surface area (Å²) >= 11 is 0. The number of nitrogens with zero attached hydrogens (tertiary/aromatic N) is 1. The first-order valence-corrected chi connectivity index (χ1v) is 6.32. The van der Waals surface area contributed by atoms with Crippen molar-refractivity contribution in [3.05, 3.63) is 35.4 Å². The lowest BCUT2D eigenvalue weighted by Gasteiger charge is -2.31. The van der Waals surface area contributed by atoms with Crippen LogP contribution in [0.5, 0.6) is 0 Å². The largest absolute Gasteiger partial charge is 0.465 e. The van der Waals surface area contributed by atoms with Crippen molar-refractivity contribution in [2.45, 2.75) is 19.5 Å². The molecule has 0 saturated carbocycles. The average Bonchev–Trinajstić information content (AvgIpc) is 2.39. The number of methoxy groups -OCH3 is 1. The molecule has 0 spiro atoms. The molecule has 0 aromatic heterocycles. The number of nitrogens with one attached hydrogen (secondary N) is 1. The van der Waals surface area contributed by atoms with Crippen molar-refractivity contribution in [1.29, 1.82) is 0 Å². The Morgan fingerprint density at radius 1 is 1.42 bits per heavy atom. The third kappa shape index (κ3) is 4.49. The first kappa shape index (κ1) is 16.0. The van der Waals surface area contributed by atoms with Crippen molar-refractivity contribution in [1.82, 2.24) is 10.2 Å². The molecule has 1 aromatic carbocycles. The minimum atomic E-state index is -0.280. The smallest absolute Gasteiger partial charge is 0.337 e. The van der Waals surface area contributed by atoms with Crippen LogP contribution in [0.4, 0.5) is 0 Å². The highest BCUT2D eigenvalue weighted by Crippen LogP contribution is 2.10. The van der Waals surface area contributed by atoms with Gasteiger partial charge < -0.3 is 10.1 Å². The Labute approximate surface area is 120 Å². The molecule has 0 bridgehead atoms. The molecule has 106 valence electrons. The zero-order valence-corrected chi connectivity index (χ0v) is 12.2. The second-order valence-corrected chi connectivity index (χ2v) is 4.78. The van der Waals surface area contributed by atoms with Gasteiger partial charge in [0.25, 0.3) is 0 Å². The number of esters is 1.